The number of aromatic nitrogens is 1. The highest BCUT2D eigenvalue weighted by Crippen LogP contribution is 2.30. The Balaban J connectivity index is 1.47. The van der Waals surface area contributed by atoms with Gasteiger partial charge in [-0.05, 0) is 37.1 Å². The largest absolute Gasteiger partial charge is 0.440 e. The average molecular weight is 324 g/mol. The zero-order valence-electron chi connectivity index (χ0n) is 13.1. The van der Waals surface area contributed by atoms with E-state index in [-0.39, 0.29) is 17.4 Å². The van der Waals surface area contributed by atoms with Gasteiger partial charge >= 0.3 is 0 Å². The molecule has 2 aromatic carbocycles. The minimum atomic E-state index is -0.469. The number of likely N-dealkylation sites (tertiary alicyclic amines) is 1. The summed E-state index contributed by atoms with van der Waals surface area (Å²) in [4.78, 5) is 18.7. The number of hydrogen-bond acceptors (Lipinski definition) is 3. The van der Waals surface area contributed by atoms with Gasteiger partial charge in [-0.15, -0.1) is 0 Å². The van der Waals surface area contributed by atoms with Crippen molar-refractivity contribution in [3.8, 4) is 0 Å². The van der Waals surface area contributed by atoms with Crippen LogP contribution in [0.3, 0.4) is 0 Å². The summed E-state index contributed by atoms with van der Waals surface area (Å²) in [5.41, 5.74) is 1.78. The Morgan fingerprint density at radius 1 is 1.08 bits per heavy atom. The Hall–Kier alpha value is -2.69. The van der Waals surface area contributed by atoms with Crippen LogP contribution in [0, 0.1) is 5.82 Å². The highest BCUT2D eigenvalue weighted by Gasteiger charge is 2.28. The van der Waals surface area contributed by atoms with Crippen LogP contribution < -0.4 is 0 Å². The van der Waals surface area contributed by atoms with E-state index in [1.54, 1.807) is 17.0 Å². The van der Waals surface area contributed by atoms with E-state index in [0.29, 0.717) is 13.1 Å². The first-order valence-corrected chi connectivity index (χ1v) is 8.11. The van der Waals surface area contributed by atoms with Gasteiger partial charge in [0.05, 0.1) is 5.56 Å². The minimum Gasteiger partial charge on any atom is -0.440 e. The molecule has 0 bridgehead atoms. The van der Waals surface area contributed by atoms with Crippen LogP contribution >= 0.6 is 0 Å². The second-order valence-electron chi connectivity index (χ2n) is 6.07. The number of nitrogens with zero attached hydrogens (tertiary/aromatic N) is 2. The second-order valence-corrected chi connectivity index (χ2v) is 6.07. The lowest BCUT2D eigenvalue weighted by molar-refractivity contribution is 0.0702. The van der Waals surface area contributed by atoms with E-state index in [9.17, 15) is 9.18 Å². The van der Waals surface area contributed by atoms with Crippen molar-refractivity contribution in [2.45, 2.75) is 18.8 Å². The summed E-state index contributed by atoms with van der Waals surface area (Å²) in [6, 6.07) is 13.8. The van der Waals surface area contributed by atoms with Crippen LogP contribution in [0.1, 0.15) is 35.0 Å². The molecule has 4 rings (SSSR count). The van der Waals surface area contributed by atoms with E-state index < -0.39 is 5.82 Å². The number of fused-ring (bicyclic) bond motifs is 1. The maximum Gasteiger partial charge on any atom is 0.256 e. The van der Waals surface area contributed by atoms with Crippen molar-refractivity contribution < 1.29 is 13.6 Å². The molecule has 0 N–H and O–H groups in total. The number of halogens is 1. The summed E-state index contributed by atoms with van der Waals surface area (Å²) in [7, 11) is 0. The van der Waals surface area contributed by atoms with E-state index >= 15 is 0 Å². The molecular formula is C19H17FN2O2. The number of oxazole rings is 1. The van der Waals surface area contributed by atoms with E-state index in [1.165, 1.54) is 12.1 Å². The summed E-state index contributed by atoms with van der Waals surface area (Å²) >= 11 is 0. The van der Waals surface area contributed by atoms with Crippen LogP contribution in [0.15, 0.2) is 52.9 Å². The van der Waals surface area contributed by atoms with Crippen molar-refractivity contribution >= 4 is 17.0 Å². The van der Waals surface area contributed by atoms with E-state index in [1.807, 2.05) is 24.3 Å². The molecule has 24 heavy (non-hydrogen) atoms. The molecule has 0 spiro atoms. The van der Waals surface area contributed by atoms with Gasteiger partial charge in [0, 0.05) is 19.0 Å². The quantitative estimate of drug-likeness (QED) is 0.716. The lowest BCUT2D eigenvalue weighted by Crippen LogP contribution is -2.38. The van der Waals surface area contributed by atoms with Crippen LogP contribution in [0.25, 0.3) is 11.1 Å². The first kappa shape index (κ1) is 14.9. The maximum absolute atomic E-state index is 13.8. The molecule has 0 saturated carbocycles. The highest BCUT2D eigenvalue weighted by molar-refractivity contribution is 5.94. The van der Waals surface area contributed by atoms with E-state index in [0.717, 1.165) is 29.8 Å². The van der Waals surface area contributed by atoms with Crippen molar-refractivity contribution in [2.75, 3.05) is 13.1 Å². The average Bonchev–Trinajstić information content (AvgIpc) is 3.06. The molecule has 0 atom stereocenters. The molecule has 1 aromatic heterocycles. The molecular weight excluding hydrogens is 307 g/mol. The number of hydrogen-bond donors (Lipinski definition) is 0. The van der Waals surface area contributed by atoms with Crippen molar-refractivity contribution in [1.29, 1.82) is 0 Å². The summed E-state index contributed by atoms with van der Waals surface area (Å²) in [5.74, 6) is 0.212. The van der Waals surface area contributed by atoms with Gasteiger partial charge in [-0.1, -0.05) is 24.3 Å². The van der Waals surface area contributed by atoms with Crippen LogP contribution in [-0.4, -0.2) is 28.9 Å². The molecule has 5 heteroatoms. The van der Waals surface area contributed by atoms with Crippen molar-refractivity contribution in [3.63, 3.8) is 0 Å². The van der Waals surface area contributed by atoms with Gasteiger partial charge in [0.1, 0.15) is 11.3 Å². The van der Waals surface area contributed by atoms with Crippen molar-refractivity contribution in [1.82, 2.24) is 9.88 Å². The molecule has 122 valence electrons. The number of amides is 1. The summed E-state index contributed by atoms with van der Waals surface area (Å²) in [5, 5.41) is 0. The Bertz CT molecular complexity index is 849. The number of rotatable bonds is 2. The maximum atomic E-state index is 13.8. The van der Waals surface area contributed by atoms with Crippen molar-refractivity contribution in [2.24, 2.45) is 0 Å². The van der Waals surface area contributed by atoms with Crippen molar-refractivity contribution in [3.05, 3.63) is 65.8 Å². The Labute approximate surface area is 138 Å². The molecule has 1 amide bonds. The van der Waals surface area contributed by atoms with Crippen LogP contribution in [-0.2, 0) is 0 Å². The lowest BCUT2D eigenvalue weighted by atomic mass is 9.96. The fourth-order valence-electron chi connectivity index (χ4n) is 3.20. The lowest BCUT2D eigenvalue weighted by Gasteiger charge is -2.30. The molecule has 1 aliphatic rings. The van der Waals surface area contributed by atoms with Gasteiger partial charge in [0.25, 0.3) is 5.91 Å². The summed E-state index contributed by atoms with van der Waals surface area (Å²) < 4.78 is 19.6. The normalized spacial score (nSPS) is 15.8. The first-order valence-electron chi connectivity index (χ1n) is 8.11. The molecule has 3 aromatic rings. The predicted molar refractivity (Wildman–Crippen MR) is 88.3 cm³/mol. The SMILES string of the molecule is O=C(c1ccccc1F)N1CCC(c2nc3ccccc3o2)CC1. The van der Waals surface area contributed by atoms with Gasteiger partial charge in [0.15, 0.2) is 11.5 Å². The number of para-hydroxylation sites is 2. The Kier molecular flexibility index (Phi) is 3.76. The number of piperidine rings is 1. The third-order valence-corrected chi connectivity index (χ3v) is 4.55. The van der Waals surface area contributed by atoms with Gasteiger partial charge in [-0.3, -0.25) is 4.79 Å². The third-order valence-electron chi connectivity index (χ3n) is 4.55. The zero-order valence-corrected chi connectivity index (χ0v) is 13.1. The molecule has 1 aliphatic heterocycles. The molecule has 2 heterocycles. The van der Waals surface area contributed by atoms with Crippen LogP contribution in [0.5, 0.6) is 0 Å². The number of carbonyl (C=O) groups excluding carboxylic acids is 1. The molecule has 1 fully saturated rings. The minimum absolute atomic E-state index is 0.137. The topological polar surface area (TPSA) is 46.3 Å². The highest BCUT2D eigenvalue weighted by atomic mass is 19.1. The molecule has 0 aliphatic carbocycles. The standard InChI is InChI=1S/C19H17FN2O2/c20-15-6-2-1-5-14(15)19(23)22-11-9-13(10-12-22)18-21-16-7-3-4-8-17(16)24-18/h1-8,13H,9-12H2. The van der Waals surface area contributed by atoms with Crippen LogP contribution in [0.2, 0.25) is 0 Å². The second kappa shape index (κ2) is 6.07. The number of carbonyl (C=O) groups is 1. The zero-order chi connectivity index (χ0) is 16.5. The van der Waals surface area contributed by atoms with Gasteiger partial charge in [-0.2, -0.15) is 0 Å². The Morgan fingerprint density at radius 3 is 2.54 bits per heavy atom. The summed E-state index contributed by atoms with van der Waals surface area (Å²) in [6.07, 6.45) is 1.54. The van der Waals surface area contributed by atoms with Gasteiger partial charge < -0.3 is 9.32 Å². The molecule has 0 unspecified atom stereocenters. The fourth-order valence-corrected chi connectivity index (χ4v) is 3.20. The molecule has 4 nitrogen and oxygen atoms in total. The first-order chi connectivity index (χ1) is 11.7. The predicted octanol–water partition coefficient (Wildman–Crippen LogP) is 3.99. The fraction of sp³-hybridized carbons (Fsp3) is 0.263. The van der Waals surface area contributed by atoms with Gasteiger partial charge in [0.2, 0.25) is 0 Å². The van der Waals surface area contributed by atoms with E-state index in [4.69, 9.17) is 4.42 Å². The monoisotopic (exact) mass is 324 g/mol. The summed E-state index contributed by atoms with van der Waals surface area (Å²) in [6.45, 7) is 1.16. The molecule has 1 saturated heterocycles. The molecule has 0 radical (unpaired) electrons. The van der Waals surface area contributed by atoms with Gasteiger partial charge in [-0.25, -0.2) is 9.37 Å². The van der Waals surface area contributed by atoms with E-state index in [2.05, 4.69) is 4.98 Å². The Morgan fingerprint density at radius 2 is 1.79 bits per heavy atom. The van der Waals surface area contributed by atoms with Crippen LogP contribution in [0.4, 0.5) is 4.39 Å². The number of benzene rings is 2. The smallest absolute Gasteiger partial charge is 0.256 e. The third kappa shape index (κ3) is 2.66.